The van der Waals surface area contributed by atoms with Crippen molar-refractivity contribution < 1.29 is 0 Å². The third-order valence-electron chi connectivity index (χ3n) is 5.26. The van der Waals surface area contributed by atoms with E-state index < -0.39 is 0 Å². The van der Waals surface area contributed by atoms with Gasteiger partial charge in [-0.2, -0.15) is 0 Å². The van der Waals surface area contributed by atoms with Gasteiger partial charge >= 0.3 is 0 Å². The molecule has 1 fully saturated rings. The van der Waals surface area contributed by atoms with Gasteiger partial charge in [0.25, 0.3) is 0 Å². The van der Waals surface area contributed by atoms with Crippen LogP contribution in [0.2, 0.25) is 0 Å². The molecule has 0 radical (unpaired) electrons. The van der Waals surface area contributed by atoms with Crippen molar-refractivity contribution in [1.82, 2.24) is 29.2 Å². The normalized spacial score (nSPS) is 16.2. The second-order valence-corrected chi connectivity index (χ2v) is 6.99. The van der Waals surface area contributed by atoms with Crippen molar-refractivity contribution in [3.05, 3.63) is 66.3 Å². The summed E-state index contributed by atoms with van der Waals surface area (Å²) in [6.07, 6.45) is 7.90. The lowest BCUT2D eigenvalue weighted by Crippen LogP contribution is -2.33. The molecule has 1 aliphatic rings. The quantitative estimate of drug-likeness (QED) is 0.686. The van der Waals surface area contributed by atoms with Crippen molar-refractivity contribution in [3.63, 3.8) is 0 Å². The summed E-state index contributed by atoms with van der Waals surface area (Å²) in [5.41, 5.74) is 1.39. The second-order valence-electron chi connectivity index (χ2n) is 6.99. The molecule has 3 aromatic rings. The fraction of sp³-hybridized carbons (Fsp3) is 0.450. The molecule has 1 aromatic carbocycles. The Kier molecular flexibility index (Phi) is 5.11. The molecule has 0 saturated carbocycles. The zero-order chi connectivity index (χ0) is 17.8. The van der Waals surface area contributed by atoms with Crippen LogP contribution in [0.15, 0.2) is 49.1 Å². The first-order valence-corrected chi connectivity index (χ1v) is 9.47. The van der Waals surface area contributed by atoms with Gasteiger partial charge in [-0.25, -0.2) is 4.98 Å². The van der Waals surface area contributed by atoms with Crippen molar-refractivity contribution in [2.75, 3.05) is 13.1 Å². The summed E-state index contributed by atoms with van der Waals surface area (Å²) in [7, 11) is 0. The summed E-state index contributed by atoms with van der Waals surface area (Å²) in [4.78, 5) is 6.66. The number of rotatable bonds is 6. The summed E-state index contributed by atoms with van der Waals surface area (Å²) in [5.74, 6) is 2.68. The Morgan fingerprint density at radius 3 is 2.54 bits per heavy atom. The molecule has 0 spiro atoms. The van der Waals surface area contributed by atoms with Crippen molar-refractivity contribution in [3.8, 4) is 0 Å². The maximum Gasteiger partial charge on any atom is 0.153 e. The van der Waals surface area contributed by atoms with E-state index in [-0.39, 0.29) is 0 Å². The Labute approximate surface area is 154 Å². The molecule has 1 aliphatic heterocycles. The standard InChI is InChI=1S/C20H26N6/c1-2-26-19(15-25-13-10-21-16-25)22-23-20(26)18-8-11-24(12-9-18)14-17-6-4-3-5-7-17/h3-7,10,13,16,18H,2,8-9,11-12,14-15H2,1H3. The number of benzene rings is 1. The Hall–Kier alpha value is -2.47. The van der Waals surface area contributed by atoms with Crippen molar-refractivity contribution in [2.45, 2.75) is 45.3 Å². The van der Waals surface area contributed by atoms with E-state index in [1.807, 2.05) is 17.1 Å². The van der Waals surface area contributed by atoms with Crippen LogP contribution >= 0.6 is 0 Å². The number of likely N-dealkylation sites (tertiary alicyclic amines) is 1. The van der Waals surface area contributed by atoms with Gasteiger partial charge in [0, 0.05) is 31.4 Å². The average Bonchev–Trinajstić information content (AvgIpc) is 3.33. The predicted octanol–water partition coefficient (Wildman–Crippen LogP) is 2.92. The van der Waals surface area contributed by atoms with Crippen LogP contribution in [0.25, 0.3) is 0 Å². The van der Waals surface area contributed by atoms with Crippen LogP contribution in [0.5, 0.6) is 0 Å². The van der Waals surface area contributed by atoms with Gasteiger partial charge in [0.2, 0.25) is 0 Å². The minimum atomic E-state index is 0.506. The molecule has 0 atom stereocenters. The smallest absolute Gasteiger partial charge is 0.153 e. The van der Waals surface area contributed by atoms with E-state index in [4.69, 9.17) is 0 Å². The third kappa shape index (κ3) is 3.70. The molecule has 0 amide bonds. The van der Waals surface area contributed by atoms with Gasteiger partial charge in [0.1, 0.15) is 5.82 Å². The van der Waals surface area contributed by atoms with Gasteiger partial charge in [-0.3, -0.25) is 4.90 Å². The van der Waals surface area contributed by atoms with Crippen molar-refractivity contribution in [1.29, 1.82) is 0 Å². The van der Waals surface area contributed by atoms with E-state index in [0.29, 0.717) is 5.92 Å². The van der Waals surface area contributed by atoms with E-state index in [9.17, 15) is 0 Å². The molecule has 0 aliphatic carbocycles. The summed E-state index contributed by atoms with van der Waals surface area (Å²) in [5, 5.41) is 9.04. The van der Waals surface area contributed by atoms with Crippen LogP contribution < -0.4 is 0 Å². The molecule has 2 aromatic heterocycles. The molecule has 0 bridgehead atoms. The fourth-order valence-electron chi connectivity index (χ4n) is 3.85. The minimum absolute atomic E-state index is 0.506. The number of nitrogens with zero attached hydrogens (tertiary/aromatic N) is 6. The molecule has 1 saturated heterocycles. The lowest BCUT2D eigenvalue weighted by Gasteiger charge is -2.31. The monoisotopic (exact) mass is 350 g/mol. The zero-order valence-electron chi connectivity index (χ0n) is 15.3. The van der Waals surface area contributed by atoms with Gasteiger partial charge in [0.05, 0.1) is 12.9 Å². The topological polar surface area (TPSA) is 51.8 Å². The number of imidazole rings is 1. The van der Waals surface area contributed by atoms with Crippen LogP contribution in [-0.4, -0.2) is 42.3 Å². The van der Waals surface area contributed by atoms with E-state index in [2.05, 4.69) is 61.9 Å². The first-order chi connectivity index (χ1) is 12.8. The largest absolute Gasteiger partial charge is 0.330 e. The maximum atomic E-state index is 4.56. The third-order valence-corrected chi connectivity index (χ3v) is 5.26. The molecular weight excluding hydrogens is 324 g/mol. The van der Waals surface area contributed by atoms with Gasteiger partial charge in [-0.05, 0) is 38.4 Å². The van der Waals surface area contributed by atoms with Crippen molar-refractivity contribution in [2.24, 2.45) is 0 Å². The van der Waals surface area contributed by atoms with E-state index in [0.717, 1.165) is 57.2 Å². The van der Waals surface area contributed by atoms with Gasteiger partial charge in [0.15, 0.2) is 5.82 Å². The molecular formula is C20H26N6. The molecule has 136 valence electrons. The summed E-state index contributed by atoms with van der Waals surface area (Å²) >= 11 is 0. The van der Waals surface area contributed by atoms with Gasteiger partial charge < -0.3 is 9.13 Å². The minimum Gasteiger partial charge on any atom is -0.330 e. The second kappa shape index (κ2) is 7.83. The molecule has 4 rings (SSSR count). The molecule has 6 heteroatoms. The van der Waals surface area contributed by atoms with E-state index in [1.54, 1.807) is 6.20 Å². The van der Waals surface area contributed by atoms with Gasteiger partial charge in [-0.15, -0.1) is 10.2 Å². The van der Waals surface area contributed by atoms with Crippen LogP contribution in [0.1, 0.15) is 42.9 Å². The molecule has 26 heavy (non-hydrogen) atoms. The molecule has 3 heterocycles. The first-order valence-electron chi connectivity index (χ1n) is 9.47. The number of aromatic nitrogens is 5. The Bertz CT molecular complexity index is 800. The van der Waals surface area contributed by atoms with E-state index >= 15 is 0 Å². The molecule has 0 unspecified atom stereocenters. The summed E-state index contributed by atoms with van der Waals surface area (Å²) in [6, 6.07) is 10.7. The Morgan fingerprint density at radius 2 is 1.85 bits per heavy atom. The Balaban J connectivity index is 1.40. The summed E-state index contributed by atoms with van der Waals surface area (Å²) in [6.45, 7) is 7.10. The van der Waals surface area contributed by atoms with Crippen molar-refractivity contribution >= 4 is 0 Å². The predicted molar refractivity (Wildman–Crippen MR) is 101 cm³/mol. The molecule has 6 nitrogen and oxygen atoms in total. The zero-order valence-corrected chi connectivity index (χ0v) is 15.3. The SMILES string of the molecule is CCn1c(Cn2ccnc2)nnc1C1CCN(Cc2ccccc2)CC1. The Morgan fingerprint density at radius 1 is 1.04 bits per heavy atom. The number of piperidine rings is 1. The highest BCUT2D eigenvalue weighted by atomic mass is 15.3. The van der Waals surface area contributed by atoms with Crippen LogP contribution in [-0.2, 0) is 19.6 Å². The highest BCUT2D eigenvalue weighted by Gasteiger charge is 2.25. The summed E-state index contributed by atoms with van der Waals surface area (Å²) < 4.78 is 4.33. The number of hydrogen-bond donors (Lipinski definition) is 0. The highest BCUT2D eigenvalue weighted by molar-refractivity contribution is 5.14. The number of hydrogen-bond acceptors (Lipinski definition) is 4. The van der Waals surface area contributed by atoms with Gasteiger partial charge in [-0.1, -0.05) is 30.3 Å². The first kappa shape index (κ1) is 17.0. The average molecular weight is 350 g/mol. The fourth-order valence-corrected chi connectivity index (χ4v) is 3.85. The van der Waals surface area contributed by atoms with Crippen LogP contribution in [0, 0.1) is 0 Å². The molecule has 0 N–H and O–H groups in total. The lowest BCUT2D eigenvalue weighted by molar-refractivity contribution is 0.200. The van der Waals surface area contributed by atoms with Crippen LogP contribution in [0.4, 0.5) is 0 Å². The highest BCUT2D eigenvalue weighted by Crippen LogP contribution is 2.28. The lowest BCUT2D eigenvalue weighted by atomic mass is 9.95. The van der Waals surface area contributed by atoms with E-state index in [1.165, 1.54) is 5.56 Å². The maximum absolute atomic E-state index is 4.56. The van der Waals surface area contributed by atoms with Crippen LogP contribution in [0.3, 0.4) is 0 Å².